The van der Waals surface area contributed by atoms with Crippen molar-refractivity contribution < 1.29 is 0 Å². The van der Waals surface area contributed by atoms with Crippen molar-refractivity contribution in [2.24, 2.45) is 23.7 Å². The third-order valence-electron chi connectivity index (χ3n) is 13.6. The van der Waals surface area contributed by atoms with Gasteiger partial charge in [-0.15, -0.1) is 0 Å². The fraction of sp³-hybridized carbons (Fsp3) is 0.385. The molecule has 2 atom stereocenters. The van der Waals surface area contributed by atoms with Gasteiger partial charge in [-0.25, -0.2) is 19.9 Å². The molecule has 314 valence electrons. The van der Waals surface area contributed by atoms with Gasteiger partial charge in [-0.2, -0.15) is 0 Å². The molecule has 4 aromatic heterocycles. The summed E-state index contributed by atoms with van der Waals surface area (Å²) in [6.07, 6.45) is 8.32. The molecule has 0 spiro atoms. The number of hydrogen-bond acceptors (Lipinski definition) is 8. The van der Waals surface area contributed by atoms with Crippen LogP contribution in [0.1, 0.15) is 92.9 Å². The molecule has 10 nitrogen and oxygen atoms in total. The minimum absolute atomic E-state index is 0.276. The minimum atomic E-state index is -0.276. The van der Waals surface area contributed by atoms with E-state index in [0.717, 1.165) is 70.8 Å². The highest BCUT2D eigenvalue weighted by Crippen LogP contribution is 2.43. The van der Waals surface area contributed by atoms with Crippen LogP contribution in [-0.4, -0.2) is 29.1 Å². The zero-order chi connectivity index (χ0) is 43.1. The van der Waals surface area contributed by atoms with E-state index < -0.39 is 0 Å². The average molecular weight is 825 g/mol. The molecule has 10 aromatic rings. The lowest BCUT2D eigenvalue weighted by Gasteiger charge is -2.16. The molecule has 0 saturated carbocycles. The second-order valence-corrected chi connectivity index (χ2v) is 19.0. The van der Waals surface area contributed by atoms with E-state index in [1.807, 2.05) is 36.4 Å². The van der Waals surface area contributed by atoms with Gasteiger partial charge in [0, 0.05) is 45.4 Å². The molecule has 2 unspecified atom stereocenters. The highest BCUT2D eigenvalue weighted by atomic mass is 16.2. The van der Waals surface area contributed by atoms with Crippen LogP contribution in [0.2, 0.25) is 0 Å². The van der Waals surface area contributed by atoms with Gasteiger partial charge in [0.2, 0.25) is 0 Å². The Morgan fingerprint density at radius 3 is 0.968 bits per heavy atom. The van der Waals surface area contributed by atoms with Crippen LogP contribution in [0.4, 0.5) is 0 Å². The predicted octanol–water partition coefficient (Wildman–Crippen LogP) is 10.7. The van der Waals surface area contributed by atoms with E-state index in [0.29, 0.717) is 102 Å². The highest BCUT2D eigenvalue weighted by Gasteiger charge is 2.23. The molecule has 62 heavy (non-hydrogen) atoms. The molecule has 0 bridgehead atoms. The van der Waals surface area contributed by atoms with Crippen LogP contribution in [0.3, 0.4) is 0 Å². The molecule has 0 fully saturated rings. The summed E-state index contributed by atoms with van der Waals surface area (Å²) >= 11 is 0. The Morgan fingerprint density at radius 2 is 0.694 bits per heavy atom. The van der Waals surface area contributed by atoms with Gasteiger partial charge in [0.05, 0.1) is 65.7 Å². The normalized spacial score (nSPS) is 13.7. The summed E-state index contributed by atoms with van der Waals surface area (Å²) in [6.45, 7) is 14.1. The van der Waals surface area contributed by atoms with E-state index >= 15 is 0 Å². The molecule has 0 radical (unpaired) electrons. The van der Waals surface area contributed by atoms with Gasteiger partial charge in [-0.05, 0) is 60.8 Å². The molecule has 10 rings (SSSR count). The first kappa shape index (κ1) is 39.9. The Morgan fingerprint density at radius 1 is 0.403 bits per heavy atom. The molecule has 0 saturated heterocycles. The zero-order valence-corrected chi connectivity index (χ0v) is 36.5. The number of benzene rings is 6. The lowest BCUT2D eigenvalue weighted by atomic mass is 9.91. The minimum Gasteiger partial charge on any atom is -0.274 e. The van der Waals surface area contributed by atoms with Crippen molar-refractivity contribution in [3.05, 3.63) is 102 Å². The fourth-order valence-corrected chi connectivity index (χ4v) is 10.0. The molecule has 0 aliphatic heterocycles. The van der Waals surface area contributed by atoms with Crippen LogP contribution < -0.4 is 22.2 Å². The summed E-state index contributed by atoms with van der Waals surface area (Å²) in [4.78, 5) is 75.7. The van der Waals surface area contributed by atoms with Gasteiger partial charge in [0.25, 0.3) is 22.2 Å². The number of nitrogens with zero attached hydrogens (tertiary/aromatic N) is 6. The number of aromatic nitrogens is 6. The number of rotatable bonds is 14. The van der Waals surface area contributed by atoms with Gasteiger partial charge < -0.3 is 0 Å². The van der Waals surface area contributed by atoms with Crippen molar-refractivity contribution in [3.63, 3.8) is 0 Å². The van der Waals surface area contributed by atoms with E-state index in [1.165, 1.54) is 22.0 Å². The van der Waals surface area contributed by atoms with Crippen LogP contribution in [-0.2, 0) is 13.1 Å². The van der Waals surface area contributed by atoms with Crippen LogP contribution in [0.5, 0.6) is 0 Å². The molecular weight excluding hydrogens is 773 g/mol. The summed E-state index contributed by atoms with van der Waals surface area (Å²) < 4.78 is 2.78. The van der Waals surface area contributed by atoms with E-state index in [-0.39, 0.29) is 22.2 Å². The summed E-state index contributed by atoms with van der Waals surface area (Å²) in [7, 11) is 0. The lowest BCUT2D eigenvalue weighted by Crippen LogP contribution is -2.26. The maximum absolute atomic E-state index is 13.7. The Balaban J connectivity index is 1.10. The molecular formula is C52H52N6O4. The van der Waals surface area contributed by atoms with E-state index in [4.69, 9.17) is 19.9 Å². The molecule has 0 aliphatic carbocycles. The maximum atomic E-state index is 13.7. The Bertz CT molecular complexity index is 3190. The van der Waals surface area contributed by atoms with E-state index in [9.17, 15) is 19.2 Å². The van der Waals surface area contributed by atoms with Gasteiger partial charge in [0.1, 0.15) is 0 Å². The van der Waals surface area contributed by atoms with Crippen molar-refractivity contribution in [1.29, 1.82) is 0 Å². The third-order valence-corrected chi connectivity index (χ3v) is 13.6. The lowest BCUT2D eigenvalue weighted by molar-refractivity contribution is 0.410. The van der Waals surface area contributed by atoms with Crippen molar-refractivity contribution in [1.82, 2.24) is 29.1 Å². The van der Waals surface area contributed by atoms with Crippen molar-refractivity contribution in [2.45, 2.75) is 106 Å². The zero-order valence-electron chi connectivity index (χ0n) is 36.5. The molecule has 4 heterocycles. The topological polar surface area (TPSA) is 130 Å². The Hall–Kier alpha value is -6.16. The standard InChI is InChI=1S/C52H52N6O4/c1-27(2)11-7-13-29(5)19-21-57-49(59)35-23-39-40(24-36(35)50(57)60)54-46-32-16-10-18-34-44(32)43-31(45(46)53-39)15-9-17-33(43)47-48(34)56-42-26-38-37(25-41(42)55-47)51(61)58(52(38)62)22-20-30(6)14-8-12-28(3)4/h9-10,15-18,23-30H,7-8,11-14,19-22H2,1-6H3. The first-order chi connectivity index (χ1) is 29.9. The maximum Gasteiger partial charge on any atom is 0.261 e. The largest absolute Gasteiger partial charge is 0.274 e. The molecule has 10 heteroatoms. The first-order valence-corrected chi connectivity index (χ1v) is 22.6. The quantitative estimate of drug-likeness (QED) is 0.0783. The third kappa shape index (κ3) is 6.52. The van der Waals surface area contributed by atoms with Crippen LogP contribution >= 0.6 is 0 Å². The summed E-state index contributed by atoms with van der Waals surface area (Å²) in [5.74, 6) is 2.14. The van der Waals surface area contributed by atoms with E-state index in [1.54, 1.807) is 24.3 Å². The van der Waals surface area contributed by atoms with E-state index in [2.05, 4.69) is 41.5 Å². The smallest absolute Gasteiger partial charge is 0.261 e. The average Bonchev–Trinajstić information content (AvgIpc) is 3.62. The summed E-state index contributed by atoms with van der Waals surface area (Å²) in [6, 6.07) is 19.1. The van der Waals surface area contributed by atoms with Gasteiger partial charge in [-0.3, -0.25) is 28.3 Å². The number of fused-ring (bicyclic) bond motifs is 10. The Kier molecular flexibility index (Phi) is 9.87. The second-order valence-electron chi connectivity index (χ2n) is 19.0. The van der Waals surface area contributed by atoms with Crippen molar-refractivity contribution >= 4 is 98.0 Å². The van der Waals surface area contributed by atoms with Crippen LogP contribution in [0, 0.1) is 23.7 Å². The SMILES string of the molecule is CC(C)CCCC(C)CCn1c(=O)c2cc3nc4c5cccc6c7nc8cc9c(=O)n(CCC(C)CCCC(C)C)c(=O)c9cc8nc7c7cccc(c4nc3cc2c1=O)c7c56. The molecule has 6 aromatic carbocycles. The van der Waals surface area contributed by atoms with Gasteiger partial charge in [-0.1, -0.05) is 116 Å². The van der Waals surface area contributed by atoms with Crippen LogP contribution in [0.25, 0.3) is 98.0 Å². The molecule has 0 N–H and O–H groups in total. The fourth-order valence-electron chi connectivity index (χ4n) is 10.0. The van der Waals surface area contributed by atoms with Crippen LogP contribution in [0.15, 0.2) is 79.8 Å². The molecule has 0 aliphatic rings. The monoisotopic (exact) mass is 824 g/mol. The predicted molar refractivity (Wildman–Crippen MR) is 255 cm³/mol. The second kappa shape index (κ2) is 15.3. The van der Waals surface area contributed by atoms with Crippen molar-refractivity contribution in [2.75, 3.05) is 0 Å². The van der Waals surface area contributed by atoms with Gasteiger partial charge in [0.15, 0.2) is 0 Å². The number of hydrogen-bond donors (Lipinski definition) is 0. The highest BCUT2D eigenvalue weighted by molar-refractivity contribution is 6.38. The summed E-state index contributed by atoms with van der Waals surface area (Å²) in [5, 5.41) is 6.98. The van der Waals surface area contributed by atoms with Gasteiger partial charge >= 0.3 is 0 Å². The first-order valence-electron chi connectivity index (χ1n) is 22.6. The molecule has 0 amide bonds. The van der Waals surface area contributed by atoms with Crippen molar-refractivity contribution in [3.8, 4) is 0 Å². The Labute approximate surface area is 357 Å². The summed E-state index contributed by atoms with van der Waals surface area (Å²) in [5.41, 5.74) is 3.86.